The van der Waals surface area contributed by atoms with Crippen molar-refractivity contribution in [1.29, 1.82) is 0 Å². The topological polar surface area (TPSA) is 439 Å². The number of nitrogens with zero attached hydrogens (tertiary/aromatic N) is 6. The number of aromatic amines is 1. The SMILES string of the molecule is Cc1cc(C)c(S(=O)(=O)N[C@@H](CNC(=O)C2CC(=O)c3ccc(CNc4ncc[nH]4)cc3N2CCCNC(=O)CN2CCN(CC(=O)O)CCN(CC(=O)O)CCN(CC(=O)O)CC2)C(=O)O)c(C)c1.O=C(O)C(F)(F)F.O=C(O)C(F)(F)F.O=C(O)C(F)(F)F. The molecule has 0 radical (unpaired) electrons. The van der Waals surface area contributed by atoms with Crippen LogP contribution in [-0.4, -0.2) is 262 Å². The van der Waals surface area contributed by atoms with E-state index in [1.165, 1.54) is 0 Å². The Morgan fingerprint density at radius 3 is 1.46 bits per heavy atom. The van der Waals surface area contributed by atoms with Crippen LogP contribution in [0.3, 0.4) is 0 Å². The van der Waals surface area contributed by atoms with Crippen molar-refractivity contribution in [2.75, 3.05) is 108 Å². The Morgan fingerprint density at radius 2 is 1.08 bits per heavy atom. The van der Waals surface area contributed by atoms with Gasteiger partial charge in [-0.2, -0.15) is 44.2 Å². The van der Waals surface area contributed by atoms with E-state index in [1.807, 2.05) is 0 Å². The third-order valence-electron chi connectivity index (χ3n) is 12.6. The number of carbonyl (C=O) groups is 10. The van der Waals surface area contributed by atoms with Gasteiger partial charge in [-0.25, -0.2) is 27.8 Å². The summed E-state index contributed by atoms with van der Waals surface area (Å²) in [6, 6.07) is 5.57. The van der Waals surface area contributed by atoms with Crippen LogP contribution in [0.4, 0.5) is 51.1 Å². The number of imidazole rings is 1. The lowest BCUT2D eigenvalue weighted by atomic mass is 9.92. The van der Waals surface area contributed by atoms with Crippen molar-refractivity contribution in [1.82, 2.24) is 44.9 Å². The zero-order valence-corrected chi connectivity index (χ0v) is 49.3. The van der Waals surface area contributed by atoms with Gasteiger partial charge in [0.15, 0.2) is 11.7 Å². The van der Waals surface area contributed by atoms with Crippen LogP contribution >= 0.6 is 0 Å². The summed E-state index contributed by atoms with van der Waals surface area (Å²) >= 11 is 0. The molecule has 0 spiro atoms. The van der Waals surface area contributed by atoms with Crippen LogP contribution in [-0.2, 0) is 59.7 Å². The third kappa shape index (κ3) is 28.8. The number of hydrogen-bond acceptors (Lipinski definition) is 19. The summed E-state index contributed by atoms with van der Waals surface area (Å²) in [4.78, 5) is 131. The van der Waals surface area contributed by atoms with Gasteiger partial charge in [0.2, 0.25) is 21.8 Å². The zero-order chi connectivity index (χ0) is 69.4. The number of aromatic nitrogens is 2. The van der Waals surface area contributed by atoms with Crippen molar-refractivity contribution in [2.24, 2.45) is 0 Å². The summed E-state index contributed by atoms with van der Waals surface area (Å²) in [5.41, 5.74) is 3.15. The van der Waals surface area contributed by atoms with E-state index in [0.717, 1.165) is 11.1 Å². The Bertz CT molecular complexity index is 3030. The van der Waals surface area contributed by atoms with Gasteiger partial charge in [-0.1, -0.05) is 23.8 Å². The minimum atomic E-state index is -5.08. The third-order valence-corrected chi connectivity index (χ3v) is 14.4. The number of nitrogens with one attached hydrogen (secondary N) is 5. The van der Waals surface area contributed by atoms with E-state index in [4.69, 9.17) is 29.7 Å². The number of carboxylic acid groups (broad SMARTS) is 7. The Labute approximate surface area is 511 Å². The van der Waals surface area contributed by atoms with Crippen LogP contribution in [0, 0.1) is 20.8 Å². The van der Waals surface area contributed by atoms with Gasteiger partial charge in [0, 0.05) is 109 Å². The van der Waals surface area contributed by atoms with Gasteiger partial charge in [-0.3, -0.25) is 53.2 Å². The Balaban J connectivity index is 0.00000115. The zero-order valence-electron chi connectivity index (χ0n) is 48.4. The van der Waals surface area contributed by atoms with Crippen LogP contribution in [0.1, 0.15) is 45.5 Å². The molecule has 2 aliphatic heterocycles. The fourth-order valence-corrected chi connectivity index (χ4v) is 10.3. The summed E-state index contributed by atoms with van der Waals surface area (Å²) < 4.78 is 124. The number of ketones is 1. The molecule has 1 saturated heterocycles. The van der Waals surface area contributed by atoms with Gasteiger partial charge in [0.1, 0.15) is 12.1 Å². The van der Waals surface area contributed by atoms with Gasteiger partial charge >= 0.3 is 60.3 Å². The molecular weight excluding hydrogens is 1270 g/mol. The molecule has 1 fully saturated rings. The number of alkyl halides is 9. The lowest BCUT2D eigenvalue weighted by Crippen LogP contribution is -2.55. The number of aryl methyl sites for hydroxylation is 3. The number of carbonyl (C=O) groups excluding carboxylic acids is 3. The number of sulfonamides is 1. The summed E-state index contributed by atoms with van der Waals surface area (Å²) in [5.74, 6) is -14.0. The largest absolute Gasteiger partial charge is 0.490 e. The molecule has 2 aliphatic rings. The number of rotatable bonds is 22. The molecule has 91 heavy (non-hydrogen) atoms. The molecule has 1 unspecified atom stereocenters. The number of Topliss-reactive ketones (excluding diaryl/α,β-unsaturated/α-hetero) is 1. The molecular formula is C51H66F9N11O19S. The molecule has 0 saturated carbocycles. The average Bonchev–Trinajstić information content (AvgIpc) is 1.01. The molecule has 0 aliphatic carbocycles. The van der Waals surface area contributed by atoms with Crippen LogP contribution in [0.25, 0.3) is 0 Å². The average molecular weight is 1340 g/mol. The summed E-state index contributed by atoms with van der Waals surface area (Å²) in [7, 11) is -4.36. The van der Waals surface area contributed by atoms with E-state index >= 15 is 0 Å². The highest BCUT2D eigenvalue weighted by Gasteiger charge is 2.41. The minimum Gasteiger partial charge on any atom is -0.480 e. The number of halogens is 9. The molecule has 30 nitrogen and oxygen atoms in total. The summed E-state index contributed by atoms with van der Waals surface area (Å²) in [6.07, 6.45) is -12.1. The first-order valence-electron chi connectivity index (χ1n) is 26.5. The first kappa shape index (κ1) is 78.4. The molecule has 2 atom stereocenters. The van der Waals surface area contributed by atoms with Gasteiger partial charge in [0.25, 0.3) is 0 Å². The maximum Gasteiger partial charge on any atom is 0.490 e. The Kier molecular flexibility index (Phi) is 30.7. The van der Waals surface area contributed by atoms with E-state index in [-0.39, 0.29) is 128 Å². The summed E-state index contributed by atoms with van der Waals surface area (Å²) in [6.45, 7) is 5.64. The second-order valence-corrected chi connectivity index (χ2v) is 21.5. The second-order valence-electron chi connectivity index (χ2n) is 19.9. The van der Waals surface area contributed by atoms with Gasteiger partial charge in [-0.05, 0) is 56.0 Å². The molecule has 508 valence electrons. The molecule has 2 aromatic carbocycles. The molecule has 3 heterocycles. The molecule has 40 heteroatoms. The van der Waals surface area contributed by atoms with Crippen molar-refractivity contribution < 1.29 is 132 Å². The Hall–Kier alpha value is -8.73. The fraction of sp³-hybridized carbons (Fsp3) is 0.510. The summed E-state index contributed by atoms with van der Waals surface area (Å²) in [5, 5.41) is 68.6. The fourth-order valence-electron chi connectivity index (χ4n) is 8.64. The van der Waals surface area contributed by atoms with Crippen molar-refractivity contribution in [3.8, 4) is 0 Å². The highest BCUT2D eigenvalue weighted by Crippen LogP contribution is 2.33. The van der Waals surface area contributed by atoms with E-state index in [2.05, 4.69) is 30.6 Å². The van der Waals surface area contributed by atoms with Crippen molar-refractivity contribution in [2.45, 2.75) is 75.7 Å². The van der Waals surface area contributed by atoms with E-state index in [9.17, 15) is 102 Å². The molecule has 3 aromatic rings. The normalized spacial score (nSPS) is 16.0. The van der Waals surface area contributed by atoms with Crippen molar-refractivity contribution >= 4 is 81.0 Å². The highest BCUT2D eigenvalue weighted by atomic mass is 32.2. The number of aliphatic carboxylic acids is 7. The van der Waals surface area contributed by atoms with Crippen molar-refractivity contribution in [3.63, 3.8) is 0 Å². The van der Waals surface area contributed by atoms with Crippen LogP contribution in [0.15, 0.2) is 47.6 Å². The van der Waals surface area contributed by atoms with Crippen molar-refractivity contribution in [3.05, 3.63) is 70.5 Å². The lowest BCUT2D eigenvalue weighted by molar-refractivity contribution is -0.193. The number of amides is 2. The molecule has 2 amide bonds. The predicted molar refractivity (Wildman–Crippen MR) is 295 cm³/mol. The number of anilines is 2. The van der Waals surface area contributed by atoms with E-state index in [0.29, 0.717) is 28.3 Å². The van der Waals surface area contributed by atoms with Crippen LogP contribution in [0.2, 0.25) is 0 Å². The molecule has 0 bridgehead atoms. The first-order chi connectivity index (χ1) is 42.0. The van der Waals surface area contributed by atoms with Gasteiger partial charge < -0.3 is 61.6 Å². The standard InChI is InChI=1S/C45H63N11O13S.3C2HF3O2/c1-29-19-30(2)42(31(3)20-29)70(68,69)51-34(44(66)67)24-49-43(65)36-22-37(57)33-6-5-32(23-50-45-47-8-9-48-45)21-35(33)56(36)10-4-7-46-38(58)25-52-11-13-53(26-39(59)60)15-17-55(28-41(63)64)18-16-54(14-12-52)27-40(61)62;3*3-2(4,5)1(6)7/h5-6,8-9,19-21,34,36,51H,4,7,10-18,22-28H2,1-3H3,(H,46,58)(H,49,65)(H,59,60)(H,61,62)(H,63,64)(H,66,67)(H2,47,48,50);3*(H,6,7)/t34-,36?;;;/m0.../s1. The number of fused-ring (bicyclic) bond motifs is 1. The van der Waals surface area contributed by atoms with E-state index in [1.54, 1.807) is 88.0 Å². The van der Waals surface area contributed by atoms with Crippen LogP contribution in [0.5, 0.6) is 0 Å². The first-order valence-corrected chi connectivity index (χ1v) is 28.0. The quantitative estimate of drug-likeness (QED) is 0.0496. The minimum absolute atomic E-state index is 0.0726. The second kappa shape index (κ2) is 35.6. The maximum atomic E-state index is 14.1. The number of carboxylic acids is 7. The number of H-pyrrole nitrogens is 1. The number of hydrogen-bond donors (Lipinski definition) is 12. The highest BCUT2D eigenvalue weighted by molar-refractivity contribution is 7.89. The van der Waals surface area contributed by atoms with Crippen LogP contribution < -0.4 is 25.6 Å². The predicted octanol–water partition coefficient (Wildman–Crippen LogP) is 1.14. The number of benzene rings is 2. The van der Waals surface area contributed by atoms with Gasteiger partial charge in [0.05, 0.1) is 31.1 Å². The molecule has 1 aromatic heterocycles. The van der Waals surface area contributed by atoms with Gasteiger partial charge in [-0.15, -0.1) is 0 Å². The maximum absolute atomic E-state index is 14.1. The Morgan fingerprint density at radius 1 is 0.648 bits per heavy atom. The molecule has 12 N–H and O–H groups in total. The molecule has 5 rings (SSSR count). The smallest absolute Gasteiger partial charge is 0.480 e. The lowest BCUT2D eigenvalue weighted by Gasteiger charge is -2.38. The van der Waals surface area contributed by atoms with E-state index < -0.39 is 94.9 Å². The monoisotopic (exact) mass is 1340 g/mol.